The largest absolute Gasteiger partial charge is 0.383 e. The number of hydrogen-bond donors (Lipinski definition) is 1. The molecule has 0 aliphatic carbocycles. The van der Waals surface area contributed by atoms with Crippen LogP contribution < -0.4 is 5.32 Å². The van der Waals surface area contributed by atoms with E-state index in [1.165, 1.54) is 32.4 Å². The van der Waals surface area contributed by atoms with Gasteiger partial charge in [0.05, 0.1) is 6.61 Å². The van der Waals surface area contributed by atoms with Gasteiger partial charge in [0.2, 0.25) is 0 Å². The van der Waals surface area contributed by atoms with E-state index >= 15 is 0 Å². The second kappa shape index (κ2) is 9.15. The quantitative estimate of drug-likeness (QED) is 0.785. The Morgan fingerprint density at radius 1 is 1.32 bits per heavy atom. The molecular weight excluding hydrogens is 320 g/mol. The van der Waals surface area contributed by atoms with E-state index in [0.29, 0.717) is 25.6 Å². The van der Waals surface area contributed by atoms with Crippen molar-refractivity contribution in [2.45, 2.75) is 44.7 Å². The van der Waals surface area contributed by atoms with E-state index in [1.54, 1.807) is 13.4 Å². The zero-order chi connectivity index (χ0) is 17.5. The molecule has 0 radical (unpaired) electrons. The Morgan fingerprint density at radius 3 is 2.96 bits per heavy atom. The Bertz CT molecular complexity index is 543. The lowest BCUT2D eigenvalue weighted by Crippen LogP contribution is -2.44. The number of urea groups is 1. The Labute approximate surface area is 149 Å². The van der Waals surface area contributed by atoms with Gasteiger partial charge in [-0.1, -0.05) is 6.42 Å². The van der Waals surface area contributed by atoms with Gasteiger partial charge in [0, 0.05) is 45.8 Å². The lowest BCUT2D eigenvalue weighted by atomic mass is 10.1. The van der Waals surface area contributed by atoms with Gasteiger partial charge in [0.1, 0.15) is 12.2 Å². The Balaban J connectivity index is 1.39. The van der Waals surface area contributed by atoms with Crippen molar-refractivity contribution in [2.75, 3.05) is 46.4 Å². The summed E-state index contributed by atoms with van der Waals surface area (Å²) in [7, 11) is 1.68. The van der Waals surface area contributed by atoms with Crippen molar-refractivity contribution in [2.24, 2.45) is 0 Å². The number of likely N-dealkylation sites (tertiary alicyclic amines) is 2. The van der Waals surface area contributed by atoms with Crippen molar-refractivity contribution in [3.8, 4) is 0 Å². The fourth-order valence-corrected chi connectivity index (χ4v) is 3.75. The Morgan fingerprint density at radius 2 is 2.16 bits per heavy atom. The molecule has 8 heteroatoms. The second-order valence-electron chi connectivity index (χ2n) is 6.90. The van der Waals surface area contributed by atoms with Crippen molar-refractivity contribution in [3.63, 3.8) is 0 Å². The van der Waals surface area contributed by atoms with Crippen LogP contribution in [0.1, 0.15) is 31.5 Å². The van der Waals surface area contributed by atoms with Gasteiger partial charge in [0.15, 0.2) is 0 Å². The van der Waals surface area contributed by atoms with Crippen LogP contribution in [0.5, 0.6) is 0 Å². The first-order chi connectivity index (χ1) is 12.3. The van der Waals surface area contributed by atoms with E-state index in [1.807, 2.05) is 9.47 Å². The minimum atomic E-state index is 0.0440. The van der Waals surface area contributed by atoms with Gasteiger partial charge in [-0.15, -0.1) is 10.2 Å². The number of rotatable bonds is 7. The smallest absolute Gasteiger partial charge is 0.317 e. The highest BCUT2D eigenvalue weighted by Crippen LogP contribution is 2.20. The molecule has 1 aromatic heterocycles. The number of hydrogen-bond acceptors (Lipinski definition) is 5. The van der Waals surface area contributed by atoms with E-state index in [0.717, 1.165) is 31.9 Å². The van der Waals surface area contributed by atoms with Crippen LogP contribution in [0.25, 0.3) is 0 Å². The maximum atomic E-state index is 12.4. The lowest BCUT2D eigenvalue weighted by Gasteiger charge is -2.32. The first kappa shape index (κ1) is 18.1. The van der Waals surface area contributed by atoms with Gasteiger partial charge in [-0.05, 0) is 32.4 Å². The van der Waals surface area contributed by atoms with E-state index in [2.05, 4.69) is 20.4 Å². The van der Waals surface area contributed by atoms with E-state index in [-0.39, 0.29) is 6.03 Å². The third-order valence-electron chi connectivity index (χ3n) is 5.21. The minimum absolute atomic E-state index is 0.0440. The highest BCUT2D eigenvalue weighted by molar-refractivity contribution is 5.74. The molecule has 2 amide bonds. The molecule has 2 saturated heterocycles. The van der Waals surface area contributed by atoms with Crippen LogP contribution in [-0.4, -0.2) is 83.1 Å². The number of carbonyl (C=O) groups is 1. The zero-order valence-corrected chi connectivity index (χ0v) is 15.2. The molecular formula is C17H30N6O2. The summed E-state index contributed by atoms with van der Waals surface area (Å²) in [5, 5.41) is 11.1. The average Bonchev–Trinajstić information content (AvgIpc) is 3.30. The molecule has 140 valence electrons. The summed E-state index contributed by atoms with van der Waals surface area (Å²) in [5.74, 6) is 0.880. The highest BCUT2D eigenvalue weighted by Gasteiger charge is 2.30. The molecule has 3 heterocycles. The second-order valence-corrected chi connectivity index (χ2v) is 6.90. The van der Waals surface area contributed by atoms with Gasteiger partial charge in [-0.2, -0.15) is 0 Å². The third-order valence-corrected chi connectivity index (χ3v) is 5.21. The van der Waals surface area contributed by atoms with Gasteiger partial charge >= 0.3 is 6.03 Å². The summed E-state index contributed by atoms with van der Waals surface area (Å²) in [6, 6.07) is 0.589. The summed E-state index contributed by atoms with van der Waals surface area (Å²) in [6.07, 6.45) is 7.43. The van der Waals surface area contributed by atoms with Crippen LogP contribution in [0.3, 0.4) is 0 Å². The molecule has 2 fully saturated rings. The topological polar surface area (TPSA) is 75.5 Å². The van der Waals surface area contributed by atoms with Crippen molar-refractivity contribution in [3.05, 3.63) is 12.2 Å². The molecule has 0 aromatic carbocycles. The predicted octanol–water partition coefficient (Wildman–Crippen LogP) is 0.737. The highest BCUT2D eigenvalue weighted by atomic mass is 16.5. The van der Waals surface area contributed by atoms with Crippen LogP contribution >= 0.6 is 0 Å². The zero-order valence-electron chi connectivity index (χ0n) is 15.2. The molecule has 0 bridgehead atoms. The van der Waals surface area contributed by atoms with Crippen molar-refractivity contribution in [1.29, 1.82) is 0 Å². The number of aromatic nitrogens is 3. The van der Waals surface area contributed by atoms with Gasteiger partial charge in [-0.25, -0.2) is 4.79 Å². The molecule has 1 N–H and O–H groups in total. The normalized spacial score (nSPS) is 21.6. The molecule has 2 aliphatic heterocycles. The van der Waals surface area contributed by atoms with Crippen LogP contribution in [-0.2, 0) is 17.7 Å². The minimum Gasteiger partial charge on any atom is -0.383 e. The molecule has 8 nitrogen and oxygen atoms in total. The third kappa shape index (κ3) is 4.92. The number of ether oxygens (including phenoxy) is 1. The number of piperidine rings is 1. The number of nitrogens with zero attached hydrogens (tertiary/aromatic N) is 5. The maximum Gasteiger partial charge on any atom is 0.317 e. The number of carbonyl (C=O) groups excluding carboxylic acids is 1. The fraction of sp³-hybridized carbons (Fsp3) is 0.824. The first-order valence-electron chi connectivity index (χ1n) is 9.40. The van der Waals surface area contributed by atoms with E-state index in [4.69, 9.17) is 4.74 Å². The maximum absolute atomic E-state index is 12.4. The first-order valence-corrected chi connectivity index (χ1v) is 9.40. The van der Waals surface area contributed by atoms with Crippen molar-refractivity contribution in [1.82, 2.24) is 29.9 Å². The van der Waals surface area contributed by atoms with Crippen LogP contribution in [0.4, 0.5) is 4.79 Å². The fourth-order valence-electron chi connectivity index (χ4n) is 3.75. The molecule has 2 aliphatic rings. The van der Waals surface area contributed by atoms with Gasteiger partial charge in [0.25, 0.3) is 0 Å². The SMILES string of the molecule is COCCn1cnnc1CCNC(=O)N1CC[C@H](N2CCCCC2)C1. The molecule has 1 aromatic rings. The summed E-state index contributed by atoms with van der Waals surface area (Å²) < 4.78 is 7.05. The lowest BCUT2D eigenvalue weighted by molar-refractivity contribution is 0.161. The molecule has 1 atom stereocenters. The van der Waals surface area contributed by atoms with Gasteiger partial charge < -0.3 is 19.5 Å². The number of amides is 2. The Kier molecular flexibility index (Phi) is 6.63. The van der Waals surface area contributed by atoms with Crippen LogP contribution in [0.15, 0.2) is 6.33 Å². The summed E-state index contributed by atoms with van der Waals surface area (Å²) in [5.41, 5.74) is 0. The van der Waals surface area contributed by atoms with Crippen molar-refractivity contribution < 1.29 is 9.53 Å². The predicted molar refractivity (Wildman–Crippen MR) is 94.4 cm³/mol. The Hall–Kier alpha value is -1.67. The molecule has 0 unspecified atom stereocenters. The van der Waals surface area contributed by atoms with Crippen LogP contribution in [0.2, 0.25) is 0 Å². The van der Waals surface area contributed by atoms with Gasteiger partial charge in [-0.3, -0.25) is 4.90 Å². The average molecular weight is 350 g/mol. The molecule has 0 saturated carbocycles. The summed E-state index contributed by atoms with van der Waals surface area (Å²) in [6.45, 7) is 6.04. The molecule has 25 heavy (non-hydrogen) atoms. The summed E-state index contributed by atoms with van der Waals surface area (Å²) in [4.78, 5) is 16.9. The van der Waals surface area contributed by atoms with Crippen LogP contribution in [0, 0.1) is 0 Å². The van der Waals surface area contributed by atoms with E-state index < -0.39 is 0 Å². The number of nitrogens with one attached hydrogen (secondary N) is 1. The standard InChI is InChI=1S/C17H30N6O2/c1-25-12-11-23-14-19-20-16(23)5-7-18-17(24)22-10-6-15(13-22)21-8-3-2-4-9-21/h14-15H,2-13H2,1H3,(H,18,24)/t15-/m0/s1. The van der Waals surface area contributed by atoms with E-state index in [9.17, 15) is 4.79 Å². The summed E-state index contributed by atoms with van der Waals surface area (Å²) >= 11 is 0. The van der Waals surface area contributed by atoms with Crippen molar-refractivity contribution >= 4 is 6.03 Å². The number of methoxy groups -OCH3 is 1. The molecule has 3 rings (SSSR count). The monoisotopic (exact) mass is 350 g/mol. The molecule has 0 spiro atoms.